The monoisotopic (exact) mass is 776 g/mol. The minimum Gasteiger partial charge on any atom is -0.493 e. The molecule has 290 valence electrons. The Morgan fingerprint density at radius 2 is 1.77 bits per heavy atom. The molecule has 1 unspecified atom stereocenters. The molecule has 15 heteroatoms. The van der Waals surface area contributed by atoms with Crippen molar-refractivity contribution in [2.24, 2.45) is 12.0 Å². The zero-order valence-corrected chi connectivity index (χ0v) is 32.5. The molecule has 0 radical (unpaired) electrons. The van der Waals surface area contributed by atoms with Gasteiger partial charge in [-0.2, -0.15) is 0 Å². The first-order valence-electron chi connectivity index (χ1n) is 18.3. The molecular formula is C41H44N8O6S. The summed E-state index contributed by atoms with van der Waals surface area (Å²) in [6, 6.07) is 18.3. The van der Waals surface area contributed by atoms with E-state index in [0.717, 1.165) is 53.9 Å². The van der Waals surface area contributed by atoms with Gasteiger partial charge in [0.25, 0.3) is 11.8 Å². The number of amides is 4. The fourth-order valence-corrected chi connectivity index (χ4v) is 7.25. The van der Waals surface area contributed by atoms with E-state index in [1.54, 1.807) is 49.7 Å². The molecule has 1 atom stereocenters. The summed E-state index contributed by atoms with van der Waals surface area (Å²) in [5.41, 5.74) is 4.30. The number of piperidine rings is 1. The van der Waals surface area contributed by atoms with Crippen molar-refractivity contribution in [3.05, 3.63) is 94.9 Å². The van der Waals surface area contributed by atoms with Crippen LogP contribution in [-0.4, -0.2) is 76.1 Å². The lowest BCUT2D eigenvalue weighted by molar-refractivity contribution is -0.120. The molecule has 4 amide bonds. The standard InChI is InChI=1S/C41H44N8O6S/c1-26-19-33(54-4)34(21-32(26)43-23-30-13-8-9-17-49(30)25-50)55-18-10-14-37(51)46-36-24-48(3)39(47-36)41(53)45-29-15-16-31(42-22-29)35-20-27(2)38(56-35)40(52)44-28-11-6-5-7-12-28/h5-7,11-12,15-16,19-25,30H,8-10,13-14,17-18H2,1-4H3,(H,44,52)(H,45,53)(H,46,51)/b43-23-. The molecule has 2 aromatic carbocycles. The molecule has 0 spiro atoms. The van der Waals surface area contributed by atoms with Gasteiger partial charge in [-0.3, -0.25) is 29.2 Å². The minimum absolute atomic E-state index is 0.0367. The topological polar surface area (TPSA) is 169 Å². The van der Waals surface area contributed by atoms with Crippen LogP contribution in [0.3, 0.4) is 0 Å². The second kappa shape index (κ2) is 18.3. The number of methoxy groups -OCH3 is 1. The number of nitrogens with one attached hydrogen (secondary N) is 3. The third-order valence-electron chi connectivity index (χ3n) is 9.18. The maximum Gasteiger partial charge on any atom is 0.291 e. The van der Waals surface area contributed by atoms with Crippen molar-refractivity contribution in [2.45, 2.75) is 52.0 Å². The van der Waals surface area contributed by atoms with E-state index in [-0.39, 0.29) is 42.5 Å². The molecule has 4 heterocycles. The molecule has 3 N–H and O–H groups in total. The van der Waals surface area contributed by atoms with Gasteiger partial charge < -0.3 is 34.9 Å². The second-order valence-corrected chi connectivity index (χ2v) is 14.4. The summed E-state index contributed by atoms with van der Waals surface area (Å²) in [5, 5.41) is 8.47. The number of nitrogens with zero attached hydrogens (tertiary/aromatic N) is 5. The van der Waals surface area contributed by atoms with E-state index in [1.807, 2.05) is 62.5 Å². The Hall–Kier alpha value is -6.35. The Bertz CT molecular complexity index is 2220. The van der Waals surface area contributed by atoms with E-state index in [0.29, 0.717) is 39.9 Å². The molecule has 1 aliphatic rings. The van der Waals surface area contributed by atoms with Crippen molar-refractivity contribution >= 4 is 64.6 Å². The number of thiophene rings is 1. The van der Waals surface area contributed by atoms with Gasteiger partial charge in [0.1, 0.15) is 0 Å². The number of rotatable bonds is 15. The Morgan fingerprint density at radius 3 is 2.52 bits per heavy atom. The Balaban J connectivity index is 0.985. The van der Waals surface area contributed by atoms with Crippen LogP contribution in [0.5, 0.6) is 11.5 Å². The summed E-state index contributed by atoms with van der Waals surface area (Å²) in [7, 11) is 3.23. The van der Waals surface area contributed by atoms with Crippen molar-refractivity contribution in [2.75, 3.05) is 36.2 Å². The number of anilines is 3. The van der Waals surface area contributed by atoms with Crippen LogP contribution in [0.2, 0.25) is 0 Å². The summed E-state index contributed by atoms with van der Waals surface area (Å²) in [6.07, 6.45) is 9.29. The minimum atomic E-state index is -0.474. The number of aromatic nitrogens is 3. The zero-order valence-electron chi connectivity index (χ0n) is 31.7. The number of aryl methyl sites for hydroxylation is 3. The molecule has 1 saturated heterocycles. The van der Waals surface area contributed by atoms with Crippen LogP contribution in [0, 0.1) is 13.8 Å². The normalized spacial score (nSPS) is 14.0. The molecule has 0 saturated carbocycles. The van der Waals surface area contributed by atoms with Crippen molar-refractivity contribution < 1.29 is 28.7 Å². The van der Waals surface area contributed by atoms with E-state index in [2.05, 4.69) is 30.9 Å². The van der Waals surface area contributed by atoms with Gasteiger partial charge in [0, 0.05) is 44.2 Å². The number of hydrogen-bond acceptors (Lipinski definition) is 10. The number of likely N-dealkylation sites (tertiary alicyclic amines) is 1. The molecule has 6 rings (SSSR count). The number of hydrogen-bond donors (Lipinski definition) is 3. The van der Waals surface area contributed by atoms with Crippen LogP contribution in [0.15, 0.2) is 78.0 Å². The highest BCUT2D eigenvalue weighted by Crippen LogP contribution is 2.35. The Morgan fingerprint density at radius 1 is 0.964 bits per heavy atom. The maximum atomic E-state index is 13.1. The van der Waals surface area contributed by atoms with E-state index in [9.17, 15) is 19.2 Å². The van der Waals surface area contributed by atoms with E-state index < -0.39 is 5.91 Å². The fraction of sp³-hybridized carbons (Fsp3) is 0.293. The molecular weight excluding hydrogens is 733 g/mol. The number of pyridine rings is 1. The van der Waals surface area contributed by atoms with Gasteiger partial charge in [-0.25, -0.2) is 4.98 Å². The molecule has 56 heavy (non-hydrogen) atoms. The van der Waals surface area contributed by atoms with Crippen molar-refractivity contribution in [1.29, 1.82) is 0 Å². The van der Waals surface area contributed by atoms with Crippen LogP contribution in [0.4, 0.5) is 22.9 Å². The van der Waals surface area contributed by atoms with E-state index >= 15 is 0 Å². The number of ether oxygens (including phenoxy) is 2. The second-order valence-electron chi connectivity index (χ2n) is 13.4. The lowest BCUT2D eigenvalue weighted by Gasteiger charge is -2.29. The lowest BCUT2D eigenvalue weighted by Crippen LogP contribution is -2.39. The highest BCUT2D eigenvalue weighted by molar-refractivity contribution is 7.17. The SMILES string of the molecule is COc1cc(C)c(/N=C\C2CCCCN2C=O)cc1OCCCC(=O)Nc1cn(C)c(C(=O)Nc2ccc(-c3cc(C)c(C(=O)Nc4ccccc4)s3)nc2)n1. The third kappa shape index (κ3) is 9.84. The number of aliphatic imine (C=N–C) groups is 1. The van der Waals surface area contributed by atoms with Crippen molar-refractivity contribution in [3.63, 3.8) is 0 Å². The van der Waals surface area contributed by atoms with Gasteiger partial charge in [-0.15, -0.1) is 11.3 Å². The highest BCUT2D eigenvalue weighted by atomic mass is 32.1. The Kier molecular flexibility index (Phi) is 12.9. The predicted molar refractivity (Wildman–Crippen MR) is 217 cm³/mol. The first kappa shape index (κ1) is 39.3. The van der Waals surface area contributed by atoms with Gasteiger partial charge >= 0.3 is 0 Å². The molecule has 3 aromatic heterocycles. The summed E-state index contributed by atoms with van der Waals surface area (Å²) >= 11 is 1.34. The molecule has 0 bridgehead atoms. The number of carbonyl (C=O) groups is 4. The zero-order chi connectivity index (χ0) is 39.6. The first-order valence-corrected chi connectivity index (χ1v) is 19.1. The number of imidazole rings is 1. The predicted octanol–water partition coefficient (Wildman–Crippen LogP) is 7.18. The molecule has 0 aliphatic carbocycles. The van der Waals surface area contributed by atoms with Gasteiger partial charge in [-0.05, 0) is 87.1 Å². The maximum absolute atomic E-state index is 13.1. The van der Waals surface area contributed by atoms with Gasteiger partial charge in [-0.1, -0.05) is 18.2 Å². The number of carbonyl (C=O) groups excluding carboxylic acids is 4. The number of benzene rings is 2. The van der Waals surface area contributed by atoms with Crippen LogP contribution >= 0.6 is 11.3 Å². The van der Waals surface area contributed by atoms with Crippen molar-refractivity contribution in [1.82, 2.24) is 19.4 Å². The molecule has 1 fully saturated rings. The molecule has 14 nitrogen and oxygen atoms in total. The summed E-state index contributed by atoms with van der Waals surface area (Å²) in [5.74, 6) is 0.462. The average molecular weight is 777 g/mol. The van der Waals surface area contributed by atoms with E-state index in [1.165, 1.54) is 15.9 Å². The molecule has 1 aliphatic heterocycles. The van der Waals surface area contributed by atoms with Crippen LogP contribution in [-0.2, 0) is 16.6 Å². The van der Waals surface area contributed by atoms with Crippen LogP contribution < -0.4 is 25.4 Å². The van der Waals surface area contributed by atoms with Crippen molar-refractivity contribution in [3.8, 4) is 22.1 Å². The average Bonchev–Trinajstić information content (AvgIpc) is 3.78. The Labute approximate surface area is 329 Å². The largest absolute Gasteiger partial charge is 0.493 e. The highest BCUT2D eigenvalue weighted by Gasteiger charge is 2.20. The summed E-state index contributed by atoms with van der Waals surface area (Å²) in [4.78, 5) is 66.9. The van der Waals surface area contributed by atoms with Crippen LogP contribution in [0.25, 0.3) is 10.6 Å². The summed E-state index contributed by atoms with van der Waals surface area (Å²) in [6.45, 7) is 4.79. The van der Waals surface area contributed by atoms with Gasteiger partial charge in [0.15, 0.2) is 17.3 Å². The fourth-order valence-electron chi connectivity index (χ4n) is 6.20. The van der Waals surface area contributed by atoms with E-state index in [4.69, 9.17) is 9.47 Å². The summed E-state index contributed by atoms with van der Waals surface area (Å²) < 4.78 is 13.0. The quantitative estimate of drug-likeness (QED) is 0.0571. The lowest BCUT2D eigenvalue weighted by atomic mass is 10.0. The number of para-hydroxylation sites is 1. The van der Waals surface area contributed by atoms with Gasteiger partial charge in [0.2, 0.25) is 18.1 Å². The smallest absolute Gasteiger partial charge is 0.291 e. The third-order valence-corrected chi connectivity index (χ3v) is 10.4. The first-order chi connectivity index (χ1) is 27.1. The molecule has 5 aromatic rings. The van der Waals surface area contributed by atoms with Crippen LogP contribution in [0.1, 0.15) is 63.5 Å². The van der Waals surface area contributed by atoms with Gasteiger partial charge in [0.05, 0.1) is 52.8 Å².